The van der Waals surface area contributed by atoms with Crippen molar-refractivity contribution in [1.82, 2.24) is 5.32 Å². The highest BCUT2D eigenvalue weighted by atomic mass is 127. The molecule has 10 unspecified atom stereocenters. The van der Waals surface area contributed by atoms with Crippen molar-refractivity contribution < 1.29 is 69.7 Å². The Bertz CT molecular complexity index is 1340. The summed E-state index contributed by atoms with van der Waals surface area (Å²) in [5.74, 6) is -0.0895. The number of hydrogen-bond acceptors (Lipinski definition) is 14. The minimum Gasteiger partial charge on any atom is -0.506 e. The highest BCUT2D eigenvalue weighted by Gasteiger charge is 2.50. The molecule has 19 heteroatoms. The molecule has 10 N–H and O–H groups in total. The monoisotopic (exact) mass is 1100 g/mol. The van der Waals surface area contributed by atoms with Gasteiger partial charge in [-0.15, -0.1) is 0 Å². The number of ether oxygens (including phenoxy) is 4. The number of phenols is 1. The molecule has 0 spiro atoms. The highest BCUT2D eigenvalue weighted by Crippen LogP contribution is 2.37. The van der Waals surface area contributed by atoms with Crippen molar-refractivity contribution >= 4 is 96.3 Å². The third-order valence-corrected chi connectivity index (χ3v) is 10.6. The number of aliphatic hydroxyl groups excluding tert-OH is 7. The van der Waals surface area contributed by atoms with E-state index in [0.29, 0.717) is 31.3 Å². The smallest absolute Gasteiger partial charge is 0.321 e. The van der Waals surface area contributed by atoms with Gasteiger partial charge in [0.15, 0.2) is 12.0 Å². The van der Waals surface area contributed by atoms with Crippen LogP contribution in [0.25, 0.3) is 0 Å². The number of halogens is 4. The molecule has 4 rings (SSSR count). The van der Waals surface area contributed by atoms with Crippen LogP contribution in [0, 0.1) is 14.3 Å². The van der Waals surface area contributed by atoms with Crippen molar-refractivity contribution in [3.63, 3.8) is 0 Å². The second-order valence-electron chi connectivity index (χ2n) is 10.5. The lowest BCUT2D eigenvalue weighted by atomic mass is 9.96. The van der Waals surface area contributed by atoms with Crippen molar-refractivity contribution in [2.24, 2.45) is 0 Å². The maximum atomic E-state index is 12.3. The lowest BCUT2D eigenvalue weighted by molar-refractivity contribution is -0.343. The molecule has 11 atom stereocenters. The summed E-state index contributed by atoms with van der Waals surface area (Å²) in [5.41, 5.74) is 0.601. The third kappa shape index (κ3) is 8.82. The normalized spacial score (nSPS) is 32.2. The van der Waals surface area contributed by atoms with E-state index in [0.717, 1.165) is 0 Å². The molecule has 46 heavy (non-hydrogen) atoms. The number of aliphatic hydroxyl groups is 7. The zero-order valence-electron chi connectivity index (χ0n) is 23.4. The summed E-state index contributed by atoms with van der Waals surface area (Å²) in [6, 6.07) is 5.52. The predicted molar refractivity (Wildman–Crippen MR) is 190 cm³/mol. The Balaban J connectivity index is 1.46. The molecule has 0 bridgehead atoms. The Morgan fingerprint density at radius 2 is 1.39 bits per heavy atom. The number of phenolic OH excluding ortho intramolecular Hbond substituents is 1. The summed E-state index contributed by atoms with van der Waals surface area (Å²) in [6.07, 6.45) is -16.3. The molecular formula is C27H31I4NO14. The third-order valence-electron chi connectivity index (χ3n) is 7.38. The standard InChI is InChI=1S/C27H31I4NO14/c28-10-4-9(5-11(29)17(10)35)43-23-12(30)1-8(2-13(23)31)3-14(26(41)42)32-25-21(39)20(38)24(16(7-34)44-25)46-27-22(40)19(37)18(36)15(6-33)45-27/h1-2,4-5,14-16,18-22,24-25,27,32-40H,3,6-7H2,(H,41,42)/t14-,15?,16?,18?,19?,20?,21?,22?,24?,25?,27?/m0/s1. The van der Waals surface area contributed by atoms with Gasteiger partial charge in [0.25, 0.3) is 0 Å². The summed E-state index contributed by atoms with van der Waals surface area (Å²) in [5, 5.41) is 94.3. The van der Waals surface area contributed by atoms with Crippen LogP contribution in [0.2, 0.25) is 0 Å². The second-order valence-corrected chi connectivity index (χ2v) is 15.2. The topological polar surface area (TPSA) is 248 Å². The van der Waals surface area contributed by atoms with Crippen LogP contribution in [0.3, 0.4) is 0 Å². The van der Waals surface area contributed by atoms with E-state index in [-0.39, 0.29) is 12.2 Å². The molecule has 2 aliphatic rings. The van der Waals surface area contributed by atoms with Crippen molar-refractivity contribution in [2.45, 2.75) is 73.8 Å². The first-order valence-corrected chi connectivity index (χ1v) is 17.9. The minimum atomic E-state index is -1.82. The van der Waals surface area contributed by atoms with Crippen LogP contribution in [0.4, 0.5) is 0 Å². The molecule has 2 heterocycles. The van der Waals surface area contributed by atoms with Crippen LogP contribution in [-0.2, 0) is 25.4 Å². The first-order valence-electron chi connectivity index (χ1n) is 13.6. The lowest BCUT2D eigenvalue weighted by Crippen LogP contribution is -2.67. The number of aliphatic carboxylic acids is 1. The molecule has 15 nitrogen and oxygen atoms in total. The van der Waals surface area contributed by atoms with Gasteiger partial charge in [-0.1, -0.05) is 0 Å². The van der Waals surface area contributed by atoms with E-state index < -0.39 is 86.6 Å². The number of carboxylic acid groups (broad SMARTS) is 1. The zero-order valence-corrected chi connectivity index (χ0v) is 32.0. The van der Waals surface area contributed by atoms with Crippen LogP contribution < -0.4 is 10.1 Å². The number of carbonyl (C=O) groups is 1. The molecule has 2 aromatic rings. The molecule has 0 radical (unpaired) electrons. The number of hydrogen-bond donors (Lipinski definition) is 10. The number of aromatic hydroxyl groups is 1. The van der Waals surface area contributed by atoms with Crippen LogP contribution in [0.5, 0.6) is 17.2 Å². The zero-order chi connectivity index (χ0) is 34.0. The summed E-state index contributed by atoms with van der Waals surface area (Å²) in [6.45, 7) is -1.49. The van der Waals surface area contributed by atoms with Gasteiger partial charge in [-0.25, -0.2) is 0 Å². The van der Waals surface area contributed by atoms with Crippen molar-refractivity contribution in [3.8, 4) is 17.2 Å². The number of rotatable bonds is 11. The summed E-state index contributed by atoms with van der Waals surface area (Å²) in [4.78, 5) is 12.3. The molecule has 2 fully saturated rings. The Hall–Kier alpha value is -0.0100. The van der Waals surface area contributed by atoms with Gasteiger partial charge in [0.2, 0.25) is 0 Å². The van der Waals surface area contributed by atoms with Crippen LogP contribution in [-0.4, -0.2) is 133 Å². The van der Waals surface area contributed by atoms with E-state index in [9.17, 15) is 50.8 Å². The summed E-state index contributed by atoms with van der Waals surface area (Å²) in [7, 11) is 0. The van der Waals surface area contributed by atoms with E-state index in [4.69, 9.17) is 18.9 Å². The van der Waals surface area contributed by atoms with Gasteiger partial charge in [0.05, 0.1) is 27.5 Å². The van der Waals surface area contributed by atoms with E-state index in [1.54, 1.807) is 24.3 Å². The first-order chi connectivity index (χ1) is 21.7. The Morgan fingerprint density at radius 3 is 1.93 bits per heavy atom. The number of benzene rings is 2. The SMILES string of the molecule is O=C(O)[C@H](Cc1cc(I)c(Oc2cc(I)c(O)c(I)c2)c(I)c1)NC1OC(CO)C(OC2OC(CO)C(O)C(O)C2O)C(O)C1O. The fourth-order valence-electron chi connectivity index (χ4n) is 4.93. The maximum Gasteiger partial charge on any atom is 0.321 e. The first kappa shape index (κ1) is 38.8. The lowest BCUT2D eigenvalue weighted by Gasteiger charge is -2.46. The Labute approximate surface area is 316 Å². The molecule has 0 amide bonds. The molecular weight excluding hydrogens is 1070 g/mol. The van der Waals surface area contributed by atoms with Crippen LogP contribution in [0.15, 0.2) is 24.3 Å². The van der Waals surface area contributed by atoms with Crippen LogP contribution >= 0.6 is 90.4 Å². The molecule has 2 aromatic carbocycles. The summed E-state index contributed by atoms with van der Waals surface area (Å²) < 4.78 is 25.2. The predicted octanol–water partition coefficient (Wildman–Crippen LogP) is -0.188. The quantitative estimate of drug-likeness (QED) is 0.131. The molecule has 0 aliphatic carbocycles. The second kappa shape index (κ2) is 16.8. The van der Waals surface area contributed by atoms with Gasteiger partial charge in [-0.05, 0) is 127 Å². The van der Waals surface area contributed by atoms with Gasteiger partial charge in [0.1, 0.15) is 72.6 Å². The largest absolute Gasteiger partial charge is 0.506 e. The molecule has 2 saturated heterocycles. The van der Waals surface area contributed by atoms with E-state index in [2.05, 4.69) is 50.5 Å². The van der Waals surface area contributed by atoms with E-state index in [1.807, 2.05) is 45.2 Å². The van der Waals surface area contributed by atoms with Crippen LogP contribution in [0.1, 0.15) is 5.56 Å². The van der Waals surface area contributed by atoms with Crippen molar-refractivity contribution in [1.29, 1.82) is 0 Å². The fourth-order valence-corrected chi connectivity index (χ4v) is 8.75. The van der Waals surface area contributed by atoms with Gasteiger partial charge < -0.3 is 64.9 Å². The van der Waals surface area contributed by atoms with Crippen molar-refractivity contribution in [2.75, 3.05) is 13.2 Å². The Morgan fingerprint density at radius 1 is 0.804 bits per heavy atom. The summed E-state index contributed by atoms with van der Waals surface area (Å²) >= 11 is 8.13. The fraction of sp³-hybridized carbons (Fsp3) is 0.519. The van der Waals surface area contributed by atoms with E-state index in [1.165, 1.54) is 0 Å². The Kier molecular flexibility index (Phi) is 14.2. The van der Waals surface area contributed by atoms with Gasteiger partial charge in [-0.3, -0.25) is 10.1 Å². The van der Waals surface area contributed by atoms with Crippen molar-refractivity contribution in [3.05, 3.63) is 44.1 Å². The van der Waals surface area contributed by atoms with E-state index >= 15 is 0 Å². The molecule has 0 saturated carbocycles. The van der Waals surface area contributed by atoms with Gasteiger partial charge in [-0.2, -0.15) is 0 Å². The average molecular weight is 1100 g/mol. The van der Waals surface area contributed by atoms with Gasteiger partial charge >= 0.3 is 5.97 Å². The average Bonchev–Trinajstić information content (AvgIpc) is 3.00. The molecule has 0 aromatic heterocycles. The highest BCUT2D eigenvalue weighted by molar-refractivity contribution is 14.1. The van der Waals surface area contributed by atoms with Gasteiger partial charge in [0, 0.05) is 0 Å². The maximum absolute atomic E-state index is 12.3. The minimum absolute atomic E-state index is 0.0755. The number of nitrogens with one attached hydrogen (secondary N) is 1. The molecule has 256 valence electrons. The molecule has 2 aliphatic heterocycles. The number of carboxylic acids is 1.